The summed E-state index contributed by atoms with van der Waals surface area (Å²) in [6.45, 7) is 5.61. The number of carbonyl (C=O) groups is 1. The molecule has 2 N–H and O–H groups in total. The minimum absolute atomic E-state index is 0.0787. The van der Waals surface area contributed by atoms with E-state index in [0.717, 1.165) is 12.4 Å². The van der Waals surface area contributed by atoms with Crippen molar-refractivity contribution in [2.24, 2.45) is 0 Å². The first-order chi connectivity index (χ1) is 11.9. The van der Waals surface area contributed by atoms with Gasteiger partial charge in [0.1, 0.15) is 5.56 Å². The molecule has 0 aliphatic heterocycles. The van der Waals surface area contributed by atoms with Crippen LogP contribution in [0.15, 0.2) is 12.4 Å². The van der Waals surface area contributed by atoms with Crippen molar-refractivity contribution in [1.29, 1.82) is 0 Å². The Morgan fingerprint density at radius 2 is 1.88 bits per heavy atom. The van der Waals surface area contributed by atoms with E-state index in [1.807, 2.05) is 0 Å². The molecule has 0 fully saturated rings. The first-order valence-electron chi connectivity index (χ1n) is 7.54. The van der Waals surface area contributed by atoms with E-state index in [4.69, 9.17) is 4.74 Å². The molecule has 0 aliphatic carbocycles. The highest BCUT2D eigenvalue weighted by molar-refractivity contribution is 5.87. The maximum atomic E-state index is 13.4. The van der Waals surface area contributed by atoms with E-state index in [2.05, 4.69) is 10.1 Å². The zero-order valence-corrected chi connectivity index (χ0v) is 14.5. The molecule has 2 heterocycles. The van der Waals surface area contributed by atoms with Gasteiger partial charge in [-0.1, -0.05) is 0 Å². The number of aliphatic hydroxyl groups excluding tert-OH is 1. The van der Waals surface area contributed by atoms with Gasteiger partial charge >= 0.3 is 12.1 Å². The van der Waals surface area contributed by atoms with Gasteiger partial charge in [-0.2, -0.15) is 18.3 Å². The second kappa shape index (κ2) is 6.60. The SMILES string of the molecule is Cc1c(C(=O)O)nn(C(C)(C)C)c1Oc1cncc(CO)c1C(F)(F)F. The predicted molar refractivity (Wildman–Crippen MR) is 84.2 cm³/mol. The number of halogens is 3. The molecule has 0 aromatic carbocycles. The molecule has 2 aromatic heterocycles. The van der Waals surface area contributed by atoms with Gasteiger partial charge in [0.2, 0.25) is 5.88 Å². The van der Waals surface area contributed by atoms with Crippen molar-refractivity contribution in [2.75, 3.05) is 0 Å². The van der Waals surface area contributed by atoms with Crippen molar-refractivity contribution >= 4 is 5.97 Å². The average Bonchev–Trinajstić information content (AvgIpc) is 2.83. The van der Waals surface area contributed by atoms with Gasteiger partial charge in [-0.15, -0.1) is 0 Å². The van der Waals surface area contributed by atoms with Gasteiger partial charge in [-0.3, -0.25) is 4.98 Å². The molecular formula is C16H18F3N3O4. The molecule has 0 spiro atoms. The summed E-state index contributed by atoms with van der Waals surface area (Å²) < 4.78 is 46.9. The lowest BCUT2D eigenvalue weighted by Crippen LogP contribution is -2.24. The Labute approximate surface area is 147 Å². The summed E-state index contributed by atoms with van der Waals surface area (Å²) in [4.78, 5) is 15.0. The van der Waals surface area contributed by atoms with Crippen molar-refractivity contribution in [1.82, 2.24) is 14.8 Å². The normalized spacial score (nSPS) is 12.3. The number of aromatic nitrogens is 3. The van der Waals surface area contributed by atoms with Crippen LogP contribution in [0.25, 0.3) is 0 Å². The Morgan fingerprint density at radius 3 is 2.35 bits per heavy atom. The Bertz CT molecular complexity index is 838. The molecule has 0 saturated carbocycles. The molecule has 0 aliphatic rings. The molecule has 0 radical (unpaired) electrons. The predicted octanol–water partition coefficient (Wildman–Crippen LogP) is 3.34. The highest BCUT2D eigenvalue weighted by Crippen LogP contribution is 2.41. The van der Waals surface area contributed by atoms with Gasteiger partial charge in [-0.05, 0) is 27.7 Å². The minimum Gasteiger partial charge on any atom is -0.476 e. The summed E-state index contributed by atoms with van der Waals surface area (Å²) in [6, 6.07) is 0. The number of carboxylic acid groups (broad SMARTS) is 1. The Morgan fingerprint density at radius 1 is 1.27 bits per heavy atom. The molecule has 142 valence electrons. The van der Waals surface area contributed by atoms with Crippen molar-refractivity contribution in [3.8, 4) is 11.6 Å². The quantitative estimate of drug-likeness (QED) is 0.853. The van der Waals surface area contributed by atoms with Crippen LogP contribution in [0.2, 0.25) is 0 Å². The number of hydrogen-bond acceptors (Lipinski definition) is 5. The molecule has 2 rings (SSSR count). The van der Waals surface area contributed by atoms with E-state index in [9.17, 15) is 28.2 Å². The van der Waals surface area contributed by atoms with Crippen LogP contribution < -0.4 is 4.74 Å². The maximum absolute atomic E-state index is 13.4. The number of ether oxygens (including phenoxy) is 1. The fourth-order valence-electron chi connectivity index (χ4n) is 2.36. The number of pyridine rings is 1. The van der Waals surface area contributed by atoms with Gasteiger partial charge in [-0.25, -0.2) is 9.48 Å². The average molecular weight is 373 g/mol. The first-order valence-corrected chi connectivity index (χ1v) is 7.54. The van der Waals surface area contributed by atoms with E-state index in [1.54, 1.807) is 20.8 Å². The van der Waals surface area contributed by atoms with Crippen LogP contribution in [-0.2, 0) is 18.3 Å². The monoisotopic (exact) mass is 373 g/mol. The van der Waals surface area contributed by atoms with Crippen LogP contribution >= 0.6 is 0 Å². The van der Waals surface area contributed by atoms with Crippen LogP contribution in [0.5, 0.6) is 11.6 Å². The number of aliphatic hydroxyl groups is 1. The van der Waals surface area contributed by atoms with Crippen molar-refractivity contribution < 1.29 is 32.9 Å². The van der Waals surface area contributed by atoms with E-state index < -0.39 is 41.2 Å². The maximum Gasteiger partial charge on any atom is 0.420 e. The molecule has 0 saturated heterocycles. The third-order valence-corrected chi connectivity index (χ3v) is 3.56. The third kappa shape index (κ3) is 3.64. The van der Waals surface area contributed by atoms with Gasteiger partial charge in [0.25, 0.3) is 0 Å². The van der Waals surface area contributed by atoms with Crippen LogP contribution in [0.3, 0.4) is 0 Å². The van der Waals surface area contributed by atoms with Gasteiger partial charge in [0.15, 0.2) is 11.4 Å². The molecule has 2 aromatic rings. The van der Waals surface area contributed by atoms with E-state index >= 15 is 0 Å². The molecule has 0 atom stereocenters. The number of rotatable bonds is 4. The summed E-state index contributed by atoms with van der Waals surface area (Å²) in [5.74, 6) is -2.11. The Hall–Kier alpha value is -2.62. The first kappa shape index (κ1) is 19.7. The van der Waals surface area contributed by atoms with Gasteiger partial charge in [0.05, 0.1) is 18.3 Å². The molecule has 0 bridgehead atoms. The lowest BCUT2D eigenvalue weighted by Gasteiger charge is -2.23. The van der Waals surface area contributed by atoms with E-state index in [1.165, 1.54) is 11.6 Å². The van der Waals surface area contributed by atoms with Crippen LogP contribution in [0.4, 0.5) is 13.2 Å². The summed E-state index contributed by atoms with van der Waals surface area (Å²) in [6.07, 6.45) is -3.04. The smallest absolute Gasteiger partial charge is 0.420 e. The zero-order valence-electron chi connectivity index (χ0n) is 14.5. The number of nitrogens with zero attached hydrogens (tertiary/aromatic N) is 3. The molecular weight excluding hydrogens is 355 g/mol. The lowest BCUT2D eigenvalue weighted by molar-refractivity contribution is -0.139. The highest BCUT2D eigenvalue weighted by Gasteiger charge is 2.38. The molecule has 10 heteroatoms. The standard InChI is InChI=1S/C16H18F3N3O4/c1-8-12(14(24)25)21-22(15(2,3)4)13(8)26-10-6-20-5-9(7-23)11(10)16(17,18)19/h5-6,23H,7H2,1-4H3,(H,24,25). The highest BCUT2D eigenvalue weighted by atomic mass is 19.4. The van der Waals surface area contributed by atoms with Crippen LogP contribution in [-0.4, -0.2) is 30.9 Å². The Kier molecular flexibility index (Phi) is 5.00. The van der Waals surface area contributed by atoms with Crippen LogP contribution in [0.1, 0.15) is 48.0 Å². The summed E-state index contributed by atoms with van der Waals surface area (Å²) >= 11 is 0. The molecule has 0 unspecified atom stereocenters. The van der Waals surface area contributed by atoms with Gasteiger partial charge in [0, 0.05) is 17.3 Å². The zero-order chi connectivity index (χ0) is 19.9. The third-order valence-electron chi connectivity index (χ3n) is 3.56. The van der Waals surface area contributed by atoms with Gasteiger partial charge < -0.3 is 14.9 Å². The fourth-order valence-corrected chi connectivity index (χ4v) is 2.36. The second-order valence-electron chi connectivity index (χ2n) is 6.60. The number of carboxylic acids is 1. The topological polar surface area (TPSA) is 97.5 Å². The number of hydrogen-bond donors (Lipinski definition) is 2. The van der Waals surface area contributed by atoms with E-state index in [0.29, 0.717) is 0 Å². The molecule has 26 heavy (non-hydrogen) atoms. The van der Waals surface area contributed by atoms with Crippen molar-refractivity contribution in [2.45, 2.75) is 46.0 Å². The second-order valence-corrected chi connectivity index (χ2v) is 6.60. The number of alkyl halides is 3. The molecule has 7 nitrogen and oxygen atoms in total. The van der Waals surface area contributed by atoms with E-state index in [-0.39, 0.29) is 17.1 Å². The van der Waals surface area contributed by atoms with Crippen molar-refractivity contribution in [3.05, 3.63) is 34.8 Å². The summed E-state index contributed by atoms with van der Waals surface area (Å²) in [7, 11) is 0. The Balaban J connectivity index is 2.69. The number of aromatic carboxylic acids is 1. The van der Waals surface area contributed by atoms with Crippen LogP contribution in [0, 0.1) is 6.92 Å². The van der Waals surface area contributed by atoms with Crippen molar-refractivity contribution in [3.63, 3.8) is 0 Å². The fraction of sp³-hybridized carbons (Fsp3) is 0.438. The largest absolute Gasteiger partial charge is 0.476 e. The lowest BCUT2D eigenvalue weighted by atomic mass is 10.1. The summed E-state index contributed by atoms with van der Waals surface area (Å²) in [5, 5.41) is 22.4. The summed E-state index contributed by atoms with van der Waals surface area (Å²) in [5.41, 5.74) is -2.63. The molecule has 0 amide bonds. The minimum atomic E-state index is -4.80.